The Bertz CT molecular complexity index is 874. The molecule has 0 radical (unpaired) electrons. The lowest BCUT2D eigenvalue weighted by Gasteiger charge is -2.18. The van der Waals surface area contributed by atoms with Gasteiger partial charge in [0.15, 0.2) is 6.61 Å². The van der Waals surface area contributed by atoms with Crippen molar-refractivity contribution in [1.82, 2.24) is 4.90 Å². The lowest BCUT2D eigenvalue weighted by Crippen LogP contribution is -2.37. The quantitative estimate of drug-likeness (QED) is 0.691. The number of hydrogen-bond donors (Lipinski definition) is 1. The van der Waals surface area contributed by atoms with E-state index in [0.717, 1.165) is 16.8 Å². The molecular formula is C22H26N2O5. The zero-order valence-corrected chi connectivity index (χ0v) is 17.2. The highest BCUT2D eigenvalue weighted by molar-refractivity contribution is 5.97. The predicted octanol–water partition coefficient (Wildman–Crippen LogP) is 2.96. The number of carbonyl (C=O) groups is 3. The zero-order chi connectivity index (χ0) is 21.4. The number of nitrogens with one attached hydrogen (secondary N) is 1. The number of rotatable bonds is 8. The normalized spacial score (nSPS) is 10.2. The molecule has 0 saturated carbocycles. The van der Waals surface area contributed by atoms with Crippen LogP contribution in [0, 0.1) is 13.8 Å². The van der Waals surface area contributed by atoms with Crippen LogP contribution < -0.4 is 10.1 Å². The molecule has 7 heteroatoms. The average molecular weight is 398 g/mol. The van der Waals surface area contributed by atoms with Crippen molar-refractivity contribution in [3.63, 3.8) is 0 Å². The van der Waals surface area contributed by atoms with Crippen molar-refractivity contribution < 1.29 is 23.9 Å². The molecular weight excluding hydrogens is 372 g/mol. The first-order chi connectivity index (χ1) is 13.8. The van der Waals surface area contributed by atoms with E-state index in [-0.39, 0.29) is 18.0 Å². The van der Waals surface area contributed by atoms with Gasteiger partial charge in [-0.1, -0.05) is 30.3 Å². The molecule has 2 aromatic rings. The van der Waals surface area contributed by atoms with Crippen molar-refractivity contribution in [2.45, 2.75) is 20.8 Å². The van der Waals surface area contributed by atoms with Gasteiger partial charge in [0.2, 0.25) is 5.91 Å². The fraction of sp³-hybridized carbons (Fsp3) is 0.318. The maximum Gasteiger partial charge on any atom is 0.342 e. The third-order valence-electron chi connectivity index (χ3n) is 4.29. The number of esters is 1. The predicted molar refractivity (Wildman–Crippen MR) is 110 cm³/mol. The molecule has 0 aliphatic heterocycles. The van der Waals surface area contributed by atoms with Crippen LogP contribution in [0.4, 0.5) is 5.69 Å². The third-order valence-corrected chi connectivity index (χ3v) is 4.29. The first-order valence-electron chi connectivity index (χ1n) is 9.32. The Hall–Kier alpha value is -3.35. The van der Waals surface area contributed by atoms with Crippen LogP contribution >= 0.6 is 0 Å². The summed E-state index contributed by atoms with van der Waals surface area (Å²) < 4.78 is 10.5. The fourth-order valence-corrected chi connectivity index (χ4v) is 2.73. The van der Waals surface area contributed by atoms with Gasteiger partial charge in [0.1, 0.15) is 11.3 Å². The third kappa shape index (κ3) is 6.07. The molecule has 0 bridgehead atoms. The molecule has 0 aliphatic rings. The van der Waals surface area contributed by atoms with E-state index in [1.54, 1.807) is 24.3 Å². The molecule has 1 N–H and O–H groups in total. The van der Waals surface area contributed by atoms with Crippen molar-refractivity contribution >= 4 is 23.5 Å². The monoisotopic (exact) mass is 398 g/mol. The first kappa shape index (κ1) is 21.9. The van der Waals surface area contributed by atoms with Gasteiger partial charge in [-0.05, 0) is 44.0 Å². The zero-order valence-electron chi connectivity index (χ0n) is 17.2. The van der Waals surface area contributed by atoms with Gasteiger partial charge in [0.05, 0.1) is 13.2 Å². The van der Waals surface area contributed by atoms with Crippen LogP contribution in [0.15, 0.2) is 42.5 Å². The summed E-state index contributed by atoms with van der Waals surface area (Å²) in [6.07, 6.45) is 0. The van der Waals surface area contributed by atoms with Crippen molar-refractivity contribution in [2.75, 3.05) is 32.1 Å². The van der Waals surface area contributed by atoms with Crippen LogP contribution in [0.5, 0.6) is 5.75 Å². The molecule has 7 nitrogen and oxygen atoms in total. The van der Waals surface area contributed by atoms with Crippen LogP contribution in [0.25, 0.3) is 0 Å². The van der Waals surface area contributed by atoms with E-state index < -0.39 is 18.5 Å². The topological polar surface area (TPSA) is 84.9 Å². The van der Waals surface area contributed by atoms with Gasteiger partial charge in [-0.15, -0.1) is 0 Å². The van der Waals surface area contributed by atoms with Gasteiger partial charge in [0.25, 0.3) is 5.91 Å². The van der Waals surface area contributed by atoms with Crippen LogP contribution in [-0.4, -0.2) is 49.5 Å². The molecule has 0 heterocycles. The van der Waals surface area contributed by atoms with E-state index in [9.17, 15) is 14.4 Å². The van der Waals surface area contributed by atoms with Crippen molar-refractivity contribution in [3.05, 3.63) is 59.2 Å². The van der Waals surface area contributed by atoms with E-state index in [1.807, 2.05) is 39.0 Å². The van der Waals surface area contributed by atoms with Crippen molar-refractivity contribution in [3.8, 4) is 5.75 Å². The highest BCUT2D eigenvalue weighted by Gasteiger charge is 2.18. The van der Waals surface area contributed by atoms with Crippen LogP contribution in [0.3, 0.4) is 0 Å². The molecule has 0 saturated heterocycles. The van der Waals surface area contributed by atoms with Gasteiger partial charge in [-0.2, -0.15) is 0 Å². The van der Waals surface area contributed by atoms with Gasteiger partial charge in [-0.25, -0.2) is 4.79 Å². The highest BCUT2D eigenvalue weighted by atomic mass is 16.5. The van der Waals surface area contributed by atoms with Crippen molar-refractivity contribution in [2.24, 2.45) is 0 Å². The number of anilines is 1. The minimum absolute atomic E-state index is 0.153. The van der Waals surface area contributed by atoms with Crippen LogP contribution in [-0.2, 0) is 14.3 Å². The summed E-state index contributed by atoms with van der Waals surface area (Å²) in [6.45, 7) is 5.39. The lowest BCUT2D eigenvalue weighted by atomic mass is 10.1. The minimum atomic E-state index is -0.657. The summed E-state index contributed by atoms with van der Waals surface area (Å²) >= 11 is 0. The number of benzene rings is 2. The number of amides is 2. The highest BCUT2D eigenvalue weighted by Crippen LogP contribution is 2.20. The second-order valence-corrected chi connectivity index (χ2v) is 6.57. The SMILES string of the molecule is CCOc1ccccc1C(=O)OCC(=O)N(C)CC(=O)Nc1c(C)cccc1C. The van der Waals surface area contributed by atoms with Gasteiger partial charge < -0.3 is 19.7 Å². The van der Waals surface area contributed by atoms with E-state index in [4.69, 9.17) is 9.47 Å². The maximum absolute atomic E-state index is 12.3. The Kier molecular flexibility index (Phi) is 7.77. The van der Waals surface area contributed by atoms with Crippen LogP contribution in [0.2, 0.25) is 0 Å². The largest absolute Gasteiger partial charge is 0.493 e. The molecule has 154 valence electrons. The number of likely N-dealkylation sites (N-methyl/N-ethyl adjacent to an activating group) is 1. The Labute approximate surface area is 170 Å². The molecule has 2 amide bonds. The summed E-state index contributed by atoms with van der Waals surface area (Å²) in [4.78, 5) is 38.0. The number of hydrogen-bond acceptors (Lipinski definition) is 5. The second kappa shape index (κ2) is 10.3. The Morgan fingerprint density at radius 1 is 1.00 bits per heavy atom. The maximum atomic E-state index is 12.3. The summed E-state index contributed by atoms with van der Waals surface area (Å²) in [5, 5.41) is 2.82. The summed E-state index contributed by atoms with van der Waals surface area (Å²) in [5.41, 5.74) is 2.86. The van der Waals surface area contributed by atoms with E-state index in [0.29, 0.717) is 12.4 Å². The standard InChI is InChI=1S/C22H26N2O5/c1-5-28-18-12-7-6-11-17(18)22(27)29-14-20(26)24(4)13-19(25)23-21-15(2)9-8-10-16(21)3/h6-12H,5,13-14H2,1-4H3,(H,23,25). The fourth-order valence-electron chi connectivity index (χ4n) is 2.73. The minimum Gasteiger partial charge on any atom is -0.493 e. The van der Waals surface area contributed by atoms with Gasteiger partial charge >= 0.3 is 5.97 Å². The van der Waals surface area contributed by atoms with Gasteiger partial charge in [-0.3, -0.25) is 9.59 Å². The molecule has 0 unspecified atom stereocenters. The summed E-state index contributed by atoms with van der Waals surface area (Å²) in [7, 11) is 1.48. The lowest BCUT2D eigenvalue weighted by molar-refractivity contribution is -0.136. The van der Waals surface area contributed by atoms with Crippen LogP contribution in [0.1, 0.15) is 28.4 Å². The number of carbonyl (C=O) groups excluding carboxylic acids is 3. The molecule has 2 rings (SSSR count). The second-order valence-electron chi connectivity index (χ2n) is 6.57. The summed E-state index contributed by atoms with van der Waals surface area (Å²) in [5.74, 6) is -1.07. The number of ether oxygens (including phenoxy) is 2. The molecule has 0 fully saturated rings. The van der Waals surface area contributed by atoms with Gasteiger partial charge in [0, 0.05) is 12.7 Å². The first-order valence-corrected chi connectivity index (χ1v) is 9.32. The number of aryl methyl sites for hydroxylation is 2. The number of nitrogens with zero attached hydrogens (tertiary/aromatic N) is 1. The van der Waals surface area contributed by atoms with Crippen molar-refractivity contribution in [1.29, 1.82) is 0 Å². The molecule has 29 heavy (non-hydrogen) atoms. The molecule has 0 aromatic heterocycles. The van der Waals surface area contributed by atoms with E-state index in [2.05, 4.69) is 5.32 Å². The molecule has 2 aromatic carbocycles. The Morgan fingerprint density at radius 2 is 1.66 bits per heavy atom. The molecule has 0 spiro atoms. The Balaban J connectivity index is 1.89. The Morgan fingerprint density at radius 3 is 2.31 bits per heavy atom. The van der Waals surface area contributed by atoms with E-state index in [1.165, 1.54) is 11.9 Å². The smallest absolute Gasteiger partial charge is 0.342 e. The molecule has 0 atom stereocenters. The number of para-hydroxylation sites is 2. The van der Waals surface area contributed by atoms with E-state index >= 15 is 0 Å². The molecule has 0 aliphatic carbocycles. The summed E-state index contributed by atoms with van der Waals surface area (Å²) in [6, 6.07) is 12.4. The average Bonchev–Trinajstić information content (AvgIpc) is 2.69.